The summed E-state index contributed by atoms with van der Waals surface area (Å²) in [5, 5.41) is 0.762. The van der Waals surface area contributed by atoms with Gasteiger partial charge in [-0.3, -0.25) is 4.57 Å². The average Bonchev–Trinajstić information content (AvgIpc) is 3.51. The quantitative estimate of drug-likeness (QED) is 0.522. The number of rotatable bonds is 4. The van der Waals surface area contributed by atoms with E-state index >= 15 is 0 Å². The second kappa shape index (κ2) is 9.54. The highest BCUT2D eigenvalue weighted by Gasteiger charge is 2.32. The van der Waals surface area contributed by atoms with Crippen LogP contribution in [0.25, 0.3) is 0 Å². The molecule has 0 saturated carbocycles. The monoisotopic (exact) mass is 445 g/mol. The molecule has 0 aliphatic carbocycles. The minimum atomic E-state index is -0.327. The highest BCUT2D eigenvalue weighted by Crippen LogP contribution is 2.23. The van der Waals surface area contributed by atoms with Crippen LogP contribution in [0.2, 0.25) is 0 Å². The molecule has 0 radical (unpaired) electrons. The molecule has 2 aromatic heterocycles. The van der Waals surface area contributed by atoms with Gasteiger partial charge in [0.2, 0.25) is 0 Å². The molecule has 1 atom stereocenters. The Morgan fingerprint density at radius 2 is 2.00 bits per heavy atom. The topological polar surface area (TPSA) is 96.7 Å². The zero-order chi connectivity index (χ0) is 21.8. The lowest BCUT2D eigenvalue weighted by Gasteiger charge is -2.37. The fourth-order valence-corrected chi connectivity index (χ4v) is 4.35. The molecule has 2 amide bonds. The molecule has 4 heterocycles. The van der Waals surface area contributed by atoms with Gasteiger partial charge in [0.25, 0.3) is 0 Å². The van der Waals surface area contributed by atoms with Crippen LogP contribution in [0.1, 0.15) is 19.3 Å². The third kappa shape index (κ3) is 4.92. The minimum Gasteiger partial charge on any atom is -0.444 e. The van der Waals surface area contributed by atoms with E-state index in [-0.39, 0.29) is 24.3 Å². The van der Waals surface area contributed by atoms with E-state index in [1.54, 1.807) is 35.4 Å². The van der Waals surface area contributed by atoms with Crippen molar-refractivity contribution in [3.8, 4) is 0 Å². The first-order valence-corrected chi connectivity index (χ1v) is 11.6. The summed E-state index contributed by atoms with van der Waals surface area (Å²) in [5.41, 5.74) is 0. The molecule has 0 bridgehead atoms. The molecule has 0 aromatic carbocycles. The molecule has 2 saturated heterocycles. The number of carbonyl (C=O) groups is 2. The average molecular weight is 446 g/mol. The van der Waals surface area contributed by atoms with Gasteiger partial charge in [-0.2, -0.15) is 0 Å². The molecule has 2 aliphatic rings. The van der Waals surface area contributed by atoms with E-state index in [1.807, 2.05) is 12.3 Å². The van der Waals surface area contributed by atoms with Crippen molar-refractivity contribution in [2.24, 2.45) is 0 Å². The first-order valence-electron chi connectivity index (χ1n) is 10.4. The molecule has 0 spiro atoms. The number of amides is 2. The number of aromatic nitrogens is 4. The van der Waals surface area contributed by atoms with E-state index in [0.717, 1.165) is 36.9 Å². The summed E-state index contributed by atoms with van der Waals surface area (Å²) < 4.78 is 7.13. The van der Waals surface area contributed by atoms with Crippen molar-refractivity contribution in [2.75, 3.05) is 44.4 Å². The number of thioether (sulfide) groups is 1. The van der Waals surface area contributed by atoms with Crippen molar-refractivity contribution in [3.05, 3.63) is 31.0 Å². The van der Waals surface area contributed by atoms with Crippen LogP contribution in [-0.4, -0.2) is 93.1 Å². The third-order valence-corrected chi connectivity index (χ3v) is 6.40. The Balaban J connectivity index is 1.25. The van der Waals surface area contributed by atoms with Gasteiger partial charge in [0.15, 0.2) is 5.16 Å². The fourth-order valence-electron chi connectivity index (χ4n) is 4.00. The van der Waals surface area contributed by atoms with Gasteiger partial charge in [-0.25, -0.2) is 24.5 Å². The van der Waals surface area contributed by atoms with Gasteiger partial charge in [0, 0.05) is 57.7 Å². The zero-order valence-corrected chi connectivity index (χ0v) is 18.6. The minimum absolute atomic E-state index is 0.121. The zero-order valence-electron chi connectivity index (χ0n) is 17.8. The molecule has 166 valence electrons. The van der Waals surface area contributed by atoms with E-state index < -0.39 is 0 Å². The lowest BCUT2D eigenvalue weighted by Crippen LogP contribution is -2.46. The molecule has 0 unspecified atom stereocenters. The second-order valence-electron chi connectivity index (χ2n) is 7.72. The van der Waals surface area contributed by atoms with Crippen LogP contribution in [0.4, 0.5) is 15.4 Å². The van der Waals surface area contributed by atoms with Crippen LogP contribution >= 0.6 is 11.8 Å². The molecule has 31 heavy (non-hydrogen) atoms. The predicted molar refractivity (Wildman–Crippen MR) is 116 cm³/mol. The number of likely N-dealkylation sites (tertiary alicyclic amines) is 1. The van der Waals surface area contributed by atoms with E-state index in [0.29, 0.717) is 19.5 Å². The number of hydrogen-bond acceptors (Lipinski definition) is 8. The second-order valence-corrected chi connectivity index (χ2v) is 8.50. The van der Waals surface area contributed by atoms with Crippen molar-refractivity contribution >= 4 is 29.7 Å². The van der Waals surface area contributed by atoms with Crippen LogP contribution < -0.4 is 4.90 Å². The Bertz CT molecular complexity index is 902. The lowest BCUT2D eigenvalue weighted by molar-refractivity contribution is 0.0594. The first-order chi connectivity index (χ1) is 15.0. The maximum absolute atomic E-state index is 12.7. The van der Waals surface area contributed by atoms with Crippen molar-refractivity contribution in [2.45, 2.75) is 36.6 Å². The van der Waals surface area contributed by atoms with Crippen LogP contribution in [0, 0.1) is 0 Å². The molecule has 2 aromatic rings. The number of hydrogen-bond donors (Lipinski definition) is 0. The Labute approximate surface area is 185 Å². The fraction of sp³-hybridized carbons (Fsp3) is 0.550. The van der Waals surface area contributed by atoms with Gasteiger partial charge in [0.05, 0.1) is 6.54 Å². The van der Waals surface area contributed by atoms with Crippen LogP contribution in [0.3, 0.4) is 0 Å². The molecular weight excluding hydrogens is 418 g/mol. The van der Waals surface area contributed by atoms with E-state index in [9.17, 15) is 9.59 Å². The summed E-state index contributed by atoms with van der Waals surface area (Å²) in [5.74, 6) is 0.927. The largest absolute Gasteiger partial charge is 0.444 e. The van der Waals surface area contributed by atoms with Crippen LogP contribution in [0.5, 0.6) is 0 Å². The predicted octanol–water partition coefficient (Wildman–Crippen LogP) is 2.17. The number of nitrogens with zero attached hydrogens (tertiary/aromatic N) is 7. The number of imidazole rings is 1. The number of anilines is 1. The van der Waals surface area contributed by atoms with Gasteiger partial charge < -0.3 is 19.4 Å². The van der Waals surface area contributed by atoms with E-state index in [2.05, 4.69) is 19.9 Å². The highest BCUT2D eigenvalue weighted by atomic mass is 32.2. The molecule has 2 fully saturated rings. The highest BCUT2D eigenvalue weighted by molar-refractivity contribution is 7.98. The summed E-state index contributed by atoms with van der Waals surface area (Å²) in [4.78, 5) is 43.4. The Morgan fingerprint density at radius 1 is 1.19 bits per heavy atom. The summed E-state index contributed by atoms with van der Waals surface area (Å²) in [6.07, 6.45) is 10.1. The number of carbonyl (C=O) groups excluding carboxylic acids is 2. The summed E-state index contributed by atoms with van der Waals surface area (Å²) in [6, 6.07) is 1.90. The Morgan fingerprint density at radius 3 is 2.71 bits per heavy atom. The Hall–Kier alpha value is -2.82. The van der Waals surface area contributed by atoms with Crippen LogP contribution in [0.15, 0.2) is 36.1 Å². The van der Waals surface area contributed by atoms with Crippen LogP contribution in [-0.2, 0) is 4.74 Å². The molecule has 10 nitrogen and oxygen atoms in total. The van der Waals surface area contributed by atoms with Gasteiger partial charge in [-0.05, 0) is 25.2 Å². The number of piperidine rings is 1. The first kappa shape index (κ1) is 21.4. The van der Waals surface area contributed by atoms with E-state index in [1.165, 1.54) is 22.7 Å². The third-order valence-electron chi connectivity index (χ3n) is 5.83. The maximum atomic E-state index is 12.7. The number of ether oxygens (including phenoxy) is 1. The summed E-state index contributed by atoms with van der Waals surface area (Å²) in [6.45, 7) is 2.61. The van der Waals surface area contributed by atoms with Gasteiger partial charge in [0.1, 0.15) is 18.2 Å². The molecule has 11 heteroatoms. The van der Waals surface area contributed by atoms with Crippen molar-refractivity contribution in [3.63, 3.8) is 0 Å². The van der Waals surface area contributed by atoms with Crippen molar-refractivity contribution < 1.29 is 14.3 Å². The van der Waals surface area contributed by atoms with Crippen molar-refractivity contribution in [1.82, 2.24) is 29.3 Å². The van der Waals surface area contributed by atoms with Gasteiger partial charge in [-0.1, -0.05) is 11.8 Å². The maximum Gasteiger partial charge on any atom is 0.410 e. The SMILES string of the molecule is CSc1nccc(N2CCC(N(C)C(=O)O[C@H]3CCN(C(=O)n4ccnc4)C3)CC2)n1. The Kier molecular flexibility index (Phi) is 6.59. The normalized spacial score (nSPS) is 19.5. The van der Waals surface area contributed by atoms with Gasteiger partial charge in [-0.15, -0.1) is 0 Å². The lowest BCUT2D eigenvalue weighted by atomic mass is 10.0. The molecule has 0 N–H and O–H groups in total. The van der Waals surface area contributed by atoms with Crippen molar-refractivity contribution in [1.29, 1.82) is 0 Å². The summed E-state index contributed by atoms with van der Waals surface area (Å²) >= 11 is 1.53. The van der Waals surface area contributed by atoms with Gasteiger partial charge >= 0.3 is 12.1 Å². The summed E-state index contributed by atoms with van der Waals surface area (Å²) in [7, 11) is 1.79. The standard InChI is InChI=1S/C20H27N7O3S/c1-24(15-4-9-25(10-5-15)17-3-7-22-18(23-17)31-2)20(29)30-16-6-11-26(13-16)19(28)27-12-8-21-14-27/h3,7-8,12,14-16H,4-6,9-11,13H2,1-2H3/t16-/m0/s1. The van der Waals surface area contributed by atoms with E-state index in [4.69, 9.17) is 4.74 Å². The smallest absolute Gasteiger partial charge is 0.410 e. The molecule has 4 rings (SSSR count). The molecule has 2 aliphatic heterocycles. The molecular formula is C20H27N7O3S.